The van der Waals surface area contributed by atoms with E-state index in [1.165, 1.54) is 18.2 Å². The highest BCUT2D eigenvalue weighted by Crippen LogP contribution is 2.39. The quantitative estimate of drug-likeness (QED) is 0.682. The number of thioether (sulfide) groups is 1. The molecule has 0 radical (unpaired) electrons. The standard InChI is InChI=1S/C11H5ClF3NO2S/c12-10(18)6-4-16-8-5(9(6)17)2-1-3-7(8)19-11(13,14)15/h1-4H,(H,16,17). The second-order valence-corrected chi connectivity index (χ2v) is 4.98. The summed E-state index contributed by atoms with van der Waals surface area (Å²) in [5.74, 6) is 0. The van der Waals surface area contributed by atoms with Crippen LogP contribution in [-0.4, -0.2) is 15.7 Å². The highest BCUT2D eigenvalue weighted by atomic mass is 35.5. The van der Waals surface area contributed by atoms with E-state index in [1.54, 1.807) is 0 Å². The third-order valence-corrected chi connectivity index (χ3v) is 3.31. The van der Waals surface area contributed by atoms with Crippen molar-refractivity contribution < 1.29 is 18.0 Å². The van der Waals surface area contributed by atoms with Crippen LogP contribution in [0.3, 0.4) is 0 Å². The van der Waals surface area contributed by atoms with Crippen LogP contribution in [0.25, 0.3) is 10.9 Å². The number of fused-ring (bicyclic) bond motifs is 1. The van der Waals surface area contributed by atoms with Gasteiger partial charge in [0, 0.05) is 16.5 Å². The summed E-state index contributed by atoms with van der Waals surface area (Å²) in [5.41, 5.74) is -5.44. The maximum absolute atomic E-state index is 12.4. The van der Waals surface area contributed by atoms with Crippen molar-refractivity contribution >= 4 is 39.5 Å². The molecule has 100 valence electrons. The van der Waals surface area contributed by atoms with Crippen LogP contribution in [0, 0.1) is 0 Å². The van der Waals surface area contributed by atoms with Crippen LogP contribution < -0.4 is 5.43 Å². The fourth-order valence-corrected chi connectivity index (χ4v) is 2.39. The molecule has 0 aliphatic carbocycles. The molecule has 0 unspecified atom stereocenters. The third kappa shape index (κ3) is 2.93. The monoisotopic (exact) mass is 307 g/mol. The Bertz CT molecular complexity index is 711. The Kier molecular flexibility index (Phi) is 3.60. The van der Waals surface area contributed by atoms with Gasteiger partial charge in [-0.2, -0.15) is 13.2 Å². The molecule has 0 fully saturated rings. The second-order valence-electron chi connectivity index (χ2n) is 3.53. The first-order chi connectivity index (χ1) is 8.79. The van der Waals surface area contributed by atoms with E-state index in [9.17, 15) is 22.8 Å². The highest BCUT2D eigenvalue weighted by Gasteiger charge is 2.30. The zero-order chi connectivity index (χ0) is 14.2. The molecule has 1 aromatic heterocycles. The molecule has 0 aliphatic heterocycles. The van der Waals surface area contributed by atoms with Crippen LogP contribution in [0.1, 0.15) is 10.4 Å². The second kappa shape index (κ2) is 4.90. The molecule has 0 amide bonds. The molecule has 3 nitrogen and oxygen atoms in total. The molecular weight excluding hydrogens is 303 g/mol. The molecule has 0 saturated heterocycles. The lowest BCUT2D eigenvalue weighted by Crippen LogP contribution is -2.13. The van der Waals surface area contributed by atoms with E-state index < -0.39 is 16.2 Å². The minimum absolute atomic E-state index is 0.0132. The predicted octanol–water partition coefficient (Wildman–Crippen LogP) is 3.52. The maximum Gasteiger partial charge on any atom is 0.446 e. The number of nitrogens with one attached hydrogen (secondary N) is 1. The van der Waals surface area contributed by atoms with E-state index in [0.717, 1.165) is 6.20 Å². The minimum Gasteiger partial charge on any atom is -0.359 e. The van der Waals surface area contributed by atoms with Gasteiger partial charge in [-0.05, 0) is 35.5 Å². The number of aromatic amines is 1. The summed E-state index contributed by atoms with van der Waals surface area (Å²) in [6, 6.07) is 3.88. The lowest BCUT2D eigenvalue weighted by Gasteiger charge is -2.08. The van der Waals surface area contributed by atoms with Crippen LogP contribution >= 0.6 is 23.4 Å². The first-order valence-corrected chi connectivity index (χ1v) is 6.09. The van der Waals surface area contributed by atoms with Gasteiger partial charge in [0.25, 0.3) is 5.24 Å². The molecule has 0 bridgehead atoms. The maximum atomic E-state index is 12.4. The van der Waals surface area contributed by atoms with Gasteiger partial charge in [0.1, 0.15) is 0 Å². The third-order valence-electron chi connectivity index (χ3n) is 2.31. The number of carbonyl (C=O) groups excluding carboxylic acids is 1. The number of benzene rings is 1. The summed E-state index contributed by atoms with van der Waals surface area (Å²) in [4.78, 5) is 25.2. The number of pyridine rings is 1. The Labute approximate surface area is 113 Å². The summed E-state index contributed by atoms with van der Waals surface area (Å²) in [6.45, 7) is 0. The van der Waals surface area contributed by atoms with Crippen LogP contribution in [0.5, 0.6) is 0 Å². The van der Waals surface area contributed by atoms with Crippen molar-refractivity contribution in [3.05, 3.63) is 40.2 Å². The van der Waals surface area contributed by atoms with Crippen molar-refractivity contribution in [3.8, 4) is 0 Å². The Morgan fingerprint density at radius 3 is 2.58 bits per heavy atom. The number of H-pyrrole nitrogens is 1. The molecule has 0 spiro atoms. The molecule has 8 heteroatoms. The number of aromatic nitrogens is 1. The van der Waals surface area contributed by atoms with Crippen LogP contribution in [0.2, 0.25) is 0 Å². The van der Waals surface area contributed by atoms with Crippen molar-refractivity contribution in [2.24, 2.45) is 0 Å². The highest BCUT2D eigenvalue weighted by molar-refractivity contribution is 8.00. The van der Waals surface area contributed by atoms with E-state index in [0.29, 0.717) is 0 Å². The van der Waals surface area contributed by atoms with Gasteiger partial charge in [-0.15, -0.1) is 0 Å². The number of hydrogen-bond acceptors (Lipinski definition) is 3. The topological polar surface area (TPSA) is 49.9 Å². The Balaban J connectivity index is 2.69. The van der Waals surface area contributed by atoms with Crippen LogP contribution in [0.4, 0.5) is 13.2 Å². The minimum atomic E-state index is -4.47. The normalized spacial score (nSPS) is 11.8. The summed E-state index contributed by atoms with van der Waals surface area (Å²) in [6.07, 6.45) is 1.01. The van der Waals surface area contributed by atoms with E-state index >= 15 is 0 Å². The summed E-state index contributed by atoms with van der Waals surface area (Å²) < 4.78 is 37.1. The summed E-state index contributed by atoms with van der Waals surface area (Å²) in [7, 11) is 0. The fourth-order valence-electron chi connectivity index (χ4n) is 1.58. The van der Waals surface area contributed by atoms with Crippen LogP contribution in [-0.2, 0) is 0 Å². The van der Waals surface area contributed by atoms with Crippen molar-refractivity contribution in [1.82, 2.24) is 4.98 Å². The number of hydrogen-bond donors (Lipinski definition) is 1. The van der Waals surface area contributed by atoms with Gasteiger partial charge in [-0.25, -0.2) is 0 Å². The average molecular weight is 308 g/mol. The van der Waals surface area contributed by atoms with Gasteiger partial charge < -0.3 is 4.98 Å². The van der Waals surface area contributed by atoms with Gasteiger partial charge in [0.05, 0.1) is 11.1 Å². The molecule has 0 aliphatic rings. The Morgan fingerprint density at radius 1 is 1.32 bits per heavy atom. The van der Waals surface area contributed by atoms with E-state index in [2.05, 4.69) is 4.98 Å². The molecule has 1 aromatic carbocycles. The summed E-state index contributed by atoms with van der Waals surface area (Å²) >= 11 is 4.88. The predicted molar refractivity (Wildman–Crippen MR) is 66.7 cm³/mol. The zero-order valence-electron chi connectivity index (χ0n) is 9.05. The summed E-state index contributed by atoms with van der Waals surface area (Å²) in [5, 5.41) is -0.974. The largest absolute Gasteiger partial charge is 0.446 e. The molecule has 2 aromatic rings. The molecular formula is C11H5ClF3NO2S. The molecule has 1 N–H and O–H groups in total. The van der Waals surface area contributed by atoms with Gasteiger partial charge in [0.2, 0.25) is 5.43 Å². The number of rotatable bonds is 2. The molecule has 0 atom stereocenters. The first-order valence-electron chi connectivity index (χ1n) is 4.89. The van der Waals surface area contributed by atoms with E-state index in [1.807, 2.05) is 0 Å². The number of para-hydroxylation sites is 1. The van der Waals surface area contributed by atoms with Gasteiger partial charge in [-0.1, -0.05) is 6.07 Å². The van der Waals surface area contributed by atoms with Crippen molar-refractivity contribution in [3.63, 3.8) is 0 Å². The smallest absolute Gasteiger partial charge is 0.359 e. The number of carbonyl (C=O) groups is 1. The molecule has 0 saturated carbocycles. The van der Waals surface area contributed by atoms with E-state index in [-0.39, 0.29) is 33.1 Å². The first kappa shape index (κ1) is 14.0. The number of alkyl halides is 3. The van der Waals surface area contributed by atoms with E-state index in [4.69, 9.17) is 11.6 Å². The van der Waals surface area contributed by atoms with Gasteiger partial charge in [0.15, 0.2) is 0 Å². The zero-order valence-corrected chi connectivity index (χ0v) is 10.6. The van der Waals surface area contributed by atoms with Crippen molar-refractivity contribution in [2.75, 3.05) is 0 Å². The fraction of sp³-hybridized carbons (Fsp3) is 0.0909. The van der Waals surface area contributed by atoms with Gasteiger partial charge >= 0.3 is 5.51 Å². The van der Waals surface area contributed by atoms with Crippen molar-refractivity contribution in [2.45, 2.75) is 10.4 Å². The van der Waals surface area contributed by atoms with Gasteiger partial charge in [-0.3, -0.25) is 9.59 Å². The Hall–Kier alpha value is -1.47. The lowest BCUT2D eigenvalue weighted by molar-refractivity contribution is -0.0327. The number of halogens is 4. The SMILES string of the molecule is O=C(Cl)c1c[nH]c2c(SC(F)(F)F)cccc2c1=O. The molecule has 2 rings (SSSR count). The van der Waals surface area contributed by atoms with Crippen LogP contribution in [0.15, 0.2) is 34.1 Å². The average Bonchev–Trinajstić information content (AvgIpc) is 2.28. The van der Waals surface area contributed by atoms with Crippen molar-refractivity contribution in [1.29, 1.82) is 0 Å². The molecule has 1 heterocycles. The molecule has 19 heavy (non-hydrogen) atoms. The lowest BCUT2D eigenvalue weighted by atomic mass is 10.1. The Morgan fingerprint density at radius 2 is 2.00 bits per heavy atom.